The van der Waals surface area contributed by atoms with Gasteiger partial charge in [0.25, 0.3) is 6.43 Å². The van der Waals surface area contributed by atoms with Gasteiger partial charge in [-0.25, -0.2) is 13.2 Å². The van der Waals surface area contributed by atoms with Crippen LogP contribution in [0, 0.1) is 5.82 Å². The van der Waals surface area contributed by atoms with Crippen LogP contribution in [0.1, 0.15) is 51.9 Å². The summed E-state index contributed by atoms with van der Waals surface area (Å²) in [5, 5.41) is 6.10. The summed E-state index contributed by atoms with van der Waals surface area (Å²) < 4.78 is 57.8. The van der Waals surface area contributed by atoms with Gasteiger partial charge in [0.05, 0.1) is 23.0 Å². The monoisotopic (exact) mass is 436 g/mol. The molecule has 2 aromatic rings. The Bertz CT molecular complexity index is 988. The van der Waals surface area contributed by atoms with Crippen molar-refractivity contribution in [3.8, 4) is 0 Å². The van der Waals surface area contributed by atoms with Gasteiger partial charge in [0.1, 0.15) is 5.82 Å². The van der Waals surface area contributed by atoms with Crippen LogP contribution in [0.25, 0.3) is 0 Å². The Morgan fingerprint density at radius 1 is 1.16 bits per heavy atom. The van der Waals surface area contributed by atoms with E-state index in [0.717, 1.165) is 0 Å². The Balaban J connectivity index is 1.40. The van der Waals surface area contributed by atoms with E-state index >= 15 is 0 Å². The number of hydrogen-bond acceptors (Lipinski definition) is 5. The Labute approximate surface area is 178 Å². The molecule has 4 rings (SSSR count). The van der Waals surface area contributed by atoms with Gasteiger partial charge in [0, 0.05) is 6.07 Å². The lowest BCUT2D eigenvalue weighted by Crippen LogP contribution is -2.41. The standard InChI is InChI=1S/C21H24BF3N2O4/c1-19(2)20(3,4)31-22(30-19)13-6-5-12(14(23)10-13)9-17(28)26-16-11-15(29-27-16)21(7-8-21)18(24)25/h5-6,10-11,18H,7-9H2,1-4H3,(H,26,27,28). The van der Waals surface area contributed by atoms with Crippen molar-refractivity contribution in [1.29, 1.82) is 0 Å². The van der Waals surface area contributed by atoms with Gasteiger partial charge in [-0.1, -0.05) is 17.3 Å². The number of benzene rings is 1. The second-order valence-electron chi connectivity index (χ2n) is 9.20. The number of carbonyl (C=O) groups excluding carboxylic acids is 1. The smallest absolute Gasteiger partial charge is 0.399 e. The van der Waals surface area contributed by atoms with E-state index in [1.165, 1.54) is 18.2 Å². The van der Waals surface area contributed by atoms with Gasteiger partial charge in [-0.3, -0.25) is 4.79 Å². The fourth-order valence-corrected chi connectivity index (χ4v) is 3.47. The van der Waals surface area contributed by atoms with Gasteiger partial charge in [-0.05, 0) is 57.6 Å². The third-order valence-corrected chi connectivity index (χ3v) is 6.43. The molecule has 0 bridgehead atoms. The molecule has 0 spiro atoms. The van der Waals surface area contributed by atoms with Gasteiger partial charge in [0.15, 0.2) is 11.6 Å². The van der Waals surface area contributed by atoms with Crippen molar-refractivity contribution >= 4 is 24.3 Å². The zero-order valence-corrected chi connectivity index (χ0v) is 17.8. The minimum atomic E-state index is -2.56. The lowest BCUT2D eigenvalue weighted by atomic mass is 9.78. The highest BCUT2D eigenvalue weighted by Gasteiger charge is 2.56. The second-order valence-corrected chi connectivity index (χ2v) is 9.20. The van der Waals surface area contributed by atoms with Crippen LogP contribution in [0.5, 0.6) is 0 Å². The first-order chi connectivity index (χ1) is 14.4. The summed E-state index contributed by atoms with van der Waals surface area (Å²) in [4.78, 5) is 12.3. The predicted molar refractivity (Wildman–Crippen MR) is 108 cm³/mol. The molecular formula is C21H24BF3N2O4. The summed E-state index contributed by atoms with van der Waals surface area (Å²) in [5.74, 6) is -1.03. The maximum Gasteiger partial charge on any atom is 0.494 e. The summed E-state index contributed by atoms with van der Waals surface area (Å²) in [6.07, 6.45) is -2.18. The molecule has 0 unspecified atom stereocenters. The van der Waals surface area contributed by atoms with E-state index in [-0.39, 0.29) is 23.6 Å². The highest BCUT2D eigenvalue weighted by molar-refractivity contribution is 6.62. The second kappa shape index (κ2) is 7.37. The molecule has 1 aliphatic carbocycles. The van der Waals surface area contributed by atoms with E-state index in [0.29, 0.717) is 18.3 Å². The highest BCUT2D eigenvalue weighted by atomic mass is 19.3. The van der Waals surface area contributed by atoms with Gasteiger partial charge < -0.3 is 19.1 Å². The summed E-state index contributed by atoms with van der Waals surface area (Å²) in [7, 11) is -0.708. The van der Waals surface area contributed by atoms with Gasteiger partial charge in [-0.2, -0.15) is 0 Å². The van der Waals surface area contributed by atoms with Gasteiger partial charge >= 0.3 is 7.12 Å². The maximum atomic E-state index is 14.6. The van der Waals surface area contributed by atoms with Crippen molar-refractivity contribution in [2.24, 2.45) is 0 Å². The highest BCUT2D eigenvalue weighted by Crippen LogP contribution is 2.53. The first-order valence-electron chi connectivity index (χ1n) is 10.1. The van der Waals surface area contributed by atoms with Crippen LogP contribution in [0.15, 0.2) is 28.8 Å². The number of carbonyl (C=O) groups is 1. The average Bonchev–Trinajstić information content (AvgIpc) is 3.30. The molecule has 1 amide bonds. The number of hydrogen-bond donors (Lipinski definition) is 1. The SMILES string of the molecule is CC1(C)OB(c2ccc(CC(=O)Nc3cc(C4(C(F)F)CC4)on3)c(F)c2)OC1(C)C. The first kappa shape index (κ1) is 21.9. The molecule has 1 saturated carbocycles. The predicted octanol–water partition coefficient (Wildman–Crippen LogP) is 3.59. The molecule has 166 valence electrons. The van der Waals surface area contributed by atoms with Crippen molar-refractivity contribution in [3.05, 3.63) is 41.4 Å². The van der Waals surface area contributed by atoms with Crippen LogP contribution in [-0.2, 0) is 25.9 Å². The van der Waals surface area contributed by atoms with Crippen LogP contribution < -0.4 is 10.8 Å². The molecular weight excluding hydrogens is 412 g/mol. The largest absolute Gasteiger partial charge is 0.494 e. The van der Waals surface area contributed by atoms with Crippen LogP contribution in [0.2, 0.25) is 0 Å². The van der Waals surface area contributed by atoms with Crippen LogP contribution in [0.4, 0.5) is 19.0 Å². The quantitative estimate of drug-likeness (QED) is 0.701. The van der Waals surface area contributed by atoms with Crippen LogP contribution >= 0.6 is 0 Å². The number of anilines is 1. The van der Waals surface area contributed by atoms with E-state index in [2.05, 4.69) is 10.5 Å². The fraction of sp³-hybridized carbons (Fsp3) is 0.524. The number of nitrogens with one attached hydrogen (secondary N) is 1. The molecule has 1 aromatic heterocycles. The summed E-state index contributed by atoms with van der Waals surface area (Å²) in [5.41, 5.74) is -1.71. The molecule has 1 aromatic carbocycles. The topological polar surface area (TPSA) is 73.6 Å². The van der Waals surface area contributed by atoms with Crippen molar-refractivity contribution in [3.63, 3.8) is 0 Å². The third kappa shape index (κ3) is 3.98. The van der Waals surface area contributed by atoms with Crippen LogP contribution in [-0.4, -0.2) is 35.8 Å². The molecule has 0 radical (unpaired) electrons. The molecule has 1 saturated heterocycles. The number of alkyl halides is 2. The minimum absolute atomic E-state index is 0.0289. The molecule has 2 aliphatic rings. The Morgan fingerprint density at radius 2 is 1.81 bits per heavy atom. The Kier molecular flexibility index (Phi) is 5.21. The lowest BCUT2D eigenvalue weighted by Gasteiger charge is -2.32. The van der Waals surface area contributed by atoms with E-state index in [1.54, 1.807) is 6.07 Å². The summed E-state index contributed by atoms with van der Waals surface area (Å²) in [6, 6.07) is 5.74. The van der Waals surface area contributed by atoms with Gasteiger partial charge in [0.2, 0.25) is 5.91 Å². The van der Waals surface area contributed by atoms with Crippen molar-refractivity contribution in [2.45, 2.75) is 70.0 Å². The molecule has 10 heteroatoms. The fourth-order valence-electron chi connectivity index (χ4n) is 3.47. The average molecular weight is 436 g/mol. The summed E-state index contributed by atoms with van der Waals surface area (Å²) >= 11 is 0. The Morgan fingerprint density at radius 3 is 2.35 bits per heavy atom. The minimum Gasteiger partial charge on any atom is -0.399 e. The third-order valence-electron chi connectivity index (χ3n) is 6.43. The van der Waals surface area contributed by atoms with E-state index in [9.17, 15) is 18.0 Å². The molecule has 2 heterocycles. The zero-order valence-electron chi connectivity index (χ0n) is 17.8. The number of rotatable bonds is 6. The Hall–Kier alpha value is -2.33. The number of nitrogens with zero attached hydrogens (tertiary/aromatic N) is 1. The van der Waals surface area contributed by atoms with E-state index in [4.69, 9.17) is 13.8 Å². The van der Waals surface area contributed by atoms with Crippen molar-refractivity contribution in [2.75, 3.05) is 5.32 Å². The molecule has 0 atom stereocenters. The van der Waals surface area contributed by atoms with Crippen molar-refractivity contribution < 1.29 is 31.8 Å². The number of halogens is 3. The normalized spacial score (nSPS) is 20.8. The first-order valence-corrected chi connectivity index (χ1v) is 10.1. The maximum absolute atomic E-state index is 14.6. The summed E-state index contributed by atoms with van der Waals surface area (Å²) in [6.45, 7) is 7.63. The number of amides is 1. The van der Waals surface area contributed by atoms with Gasteiger partial charge in [-0.15, -0.1) is 0 Å². The zero-order chi connectivity index (χ0) is 22.6. The number of aromatic nitrogens is 1. The molecule has 6 nitrogen and oxygen atoms in total. The molecule has 1 aliphatic heterocycles. The lowest BCUT2D eigenvalue weighted by molar-refractivity contribution is -0.115. The van der Waals surface area contributed by atoms with Crippen molar-refractivity contribution in [1.82, 2.24) is 5.16 Å². The molecule has 1 N–H and O–H groups in total. The van der Waals surface area contributed by atoms with Crippen LogP contribution in [0.3, 0.4) is 0 Å². The van der Waals surface area contributed by atoms with E-state index < -0.39 is 41.9 Å². The molecule has 2 fully saturated rings. The molecule has 31 heavy (non-hydrogen) atoms. The van der Waals surface area contributed by atoms with E-state index in [1.807, 2.05) is 27.7 Å².